The van der Waals surface area contributed by atoms with E-state index in [2.05, 4.69) is 4.98 Å². The summed E-state index contributed by atoms with van der Waals surface area (Å²) < 4.78 is 5.59. The van der Waals surface area contributed by atoms with Gasteiger partial charge in [-0.05, 0) is 31.5 Å². The quantitative estimate of drug-likeness (QED) is 0.905. The summed E-state index contributed by atoms with van der Waals surface area (Å²) in [5.41, 5.74) is 7.17. The van der Waals surface area contributed by atoms with Crippen LogP contribution in [0.5, 0.6) is 5.75 Å². The van der Waals surface area contributed by atoms with E-state index in [9.17, 15) is 0 Å². The van der Waals surface area contributed by atoms with Crippen LogP contribution in [-0.2, 0) is 0 Å². The van der Waals surface area contributed by atoms with E-state index in [1.165, 1.54) is 0 Å². The van der Waals surface area contributed by atoms with Gasteiger partial charge in [0.15, 0.2) is 0 Å². The first-order valence-electron chi connectivity index (χ1n) is 5.58. The highest BCUT2D eigenvalue weighted by Gasteiger charge is 2.11. The number of benzene rings is 1. The molecule has 0 saturated heterocycles. The zero-order valence-corrected chi connectivity index (χ0v) is 10.8. The summed E-state index contributed by atoms with van der Waals surface area (Å²) in [5.74, 6) is 0.870. The van der Waals surface area contributed by atoms with E-state index in [0.717, 1.165) is 16.3 Å². The van der Waals surface area contributed by atoms with E-state index < -0.39 is 0 Å². The molecule has 0 aliphatic carbocycles. The Morgan fingerprint density at radius 2 is 1.94 bits per heavy atom. The van der Waals surface area contributed by atoms with Crippen LogP contribution in [-0.4, -0.2) is 11.1 Å². The maximum absolute atomic E-state index is 6.12. The van der Waals surface area contributed by atoms with Crippen molar-refractivity contribution >= 4 is 11.3 Å². The van der Waals surface area contributed by atoms with Crippen LogP contribution in [0, 0.1) is 0 Å². The molecule has 1 heterocycles. The molecule has 0 radical (unpaired) electrons. The molecule has 17 heavy (non-hydrogen) atoms. The van der Waals surface area contributed by atoms with E-state index in [0.29, 0.717) is 0 Å². The summed E-state index contributed by atoms with van der Waals surface area (Å²) in [7, 11) is 0. The largest absolute Gasteiger partial charge is 0.491 e. The van der Waals surface area contributed by atoms with Crippen molar-refractivity contribution in [1.29, 1.82) is 0 Å². The maximum Gasteiger partial charge on any atom is 0.119 e. The maximum atomic E-state index is 6.12. The average molecular weight is 248 g/mol. The second-order valence-corrected chi connectivity index (χ2v) is 5.01. The van der Waals surface area contributed by atoms with Gasteiger partial charge in [0.2, 0.25) is 0 Å². The fraction of sp³-hybridized carbons (Fsp3) is 0.308. The van der Waals surface area contributed by atoms with Gasteiger partial charge in [-0.1, -0.05) is 12.1 Å². The molecule has 2 rings (SSSR count). The van der Waals surface area contributed by atoms with Crippen LogP contribution >= 0.6 is 11.3 Å². The molecular weight excluding hydrogens is 232 g/mol. The van der Waals surface area contributed by atoms with Gasteiger partial charge < -0.3 is 10.5 Å². The first-order valence-corrected chi connectivity index (χ1v) is 6.46. The Bertz CT molecular complexity index is 451. The fourth-order valence-electron chi connectivity index (χ4n) is 1.56. The summed E-state index contributed by atoms with van der Waals surface area (Å²) in [4.78, 5) is 4.23. The van der Waals surface area contributed by atoms with Gasteiger partial charge in [0.1, 0.15) is 10.8 Å². The highest BCUT2D eigenvalue weighted by atomic mass is 32.1. The second-order valence-electron chi connectivity index (χ2n) is 4.08. The molecule has 0 bridgehead atoms. The Morgan fingerprint density at radius 3 is 2.47 bits per heavy atom. The molecule has 0 aliphatic rings. The first-order chi connectivity index (χ1) is 8.16. The number of hydrogen-bond donors (Lipinski definition) is 1. The fourth-order valence-corrected chi connectivity index (χ4v) is 2.22. The molecule has 1 unspecified atom stereocenters. The lowest BCUT2D eigenvalue weighted by atomic mass is 10.1. The molecule has 2 N–H and O–H groups in total. The van der Waals surface area contributed by atoms with Crippen molar-refractivity contribution in [3.63, 3.8) is 0 Å². The standard InChI is InChI=1S/C13H16N2OS/c1-9(2)16-11-5-3-10(4-6-11)12(14)13-15-7-8-17-13/h3-9,12H,14H2,1-2H3. The van der Waals surface area contributed by atoms with Crippen molar-refractivity contribution in [2.75, 3.05) is 0 Å². The van der Waals surface area contributed by atoms with Crippen LogP contribution in [0.2, 0.25) is 0 Å². The molecule has 3 nitrogen and oxygen atoms in total. The topological polar surface area (TPSA) is 48.1 Å². The van der Waals surface area contributed by atoms with Gasteiger partial charge in [0, 0.05) is 11.6 Å². The molecule has 4 heteroatoms. The van der Waals surface area contributed by atoms with Crippen molar-refractivity contribution in [2.45, 2.75) is 26.0 Å². The minimum Gasteiger partial charge on any atom is -0.491 e. The number of aromatic nitrogens is 1. The third-order valence-electron chi connectivity index (χ3n) is 2.33. The smallest absolute Gasteiger partial charge is 0.119 e. The van der Waals surface area contributed by atoms with E-state index in [4.69, 9.17) is 10.5 Å². The molecule has 0 saturated carbocycles. The van der Waals surface area contributed by atoms with Gasteiger partial charge in [0.05, 0.1) is 12.1 Å². The van der Waals surface area contributed by atoms with E-state index in [-0.39, 0.29) is 12.1 Å². The molecule has 0 spiro atoms. The molecule has 0 amide bonds. The SMILES string of the molecule is CC(C)Oc1ccc(C(N)c2nccs2)cc1. The molecule has 0 fully saturated rings. The monoisotopic (exact) mass is 248 g/mol. The molecule has 1 aromatic heterocycles. The molecule has 1 aromatic carbocycles. The summed E-state index contributed by atoms with van der Waals surface area (Å²) in [6.07, 6.45) is 1.96. The van der Waals surface area contributed by atoms with Crippen LogP contribution in [0.25, 0.3) is 0 Å². The normalized spacial score (nSPS) is 12.7. The van der Waals surface area contributed by atoms with Crippen LogP contribution in [0.3, 0.4) is 0 Å². The Hall–Kier alpha value is -1.39. The minimum atomic E-state index is -0.150. The highest BCUT2D eigenvalue weighted by molar-refractivity contribution is 7.09. The predicted octanol–water partition coefficient (Wildman–Crippen LogP) is 2.98. The Labute approximate surface area is 105 Å². The second kappa shape index (κ2) is 5.29. The van der Waals surface area contributed by atoms with Gasteiger partial charge >= 0.3 is 0 Å². The van der Waals surface area contributed by atoms with Gasteiger partial charge in [-0.25, -0.2) is 4.98 Å². The van der Waals surface area contributed by atoms with Crippen LogP contribution in [0.1, 0.15) is 30.5 Å². The van der Waals surface area contributed by atoms with Crippen molar-refractivity contribution in [3.05, 3.63) is 46.4 Å². The Kier molecular flexibility index (Phi) is 3.76. The molecule has 1 atom stereocenters. The molecule has 0 aliphatic heterocycles. The zero-order valence-electron chi connectivity index (χ0n) is 9.96. The average Bonchev–Trinajstić information content (AvgIpc) is 2.82. The number of thiazole rings is 1. The van der Waals surface area contributed by atoms with Gasteiger partial charge in [-0.15, -0.1) is 11.3 Å². The van der Waals surface area contributed by atoms with E-state index in [1.807, 2.05) is 43.5 Å². The van der Waals surface area contributed by atoms with Gasteiger partial charge in [-0.3, -0.25) is 0 Å². The lowest BCUT2D eigenvalue weighted by molar-refractivity contribution is 0.242. The van der Waals surface area contributed by atoms with Crippen molar-refractivity contribution in [1.82, 2.24) is 4.98 Å². The van der Waals surface area contributed by atoms with Crippen LogP contribution in [0.4, 0.5) is 0 Å². The number of rotatable bonds is 4. The zero-order chi connectivity index (χ0) is 12.3. The number of nitrogens with zero attached hydrogens (tertiary/aromatic N) is 1. The Balaban J connectivity index is 2.12. The highest BCUT2D eigenvalue weighted by Crippen LogP contribution is 2.23. The summed E-state index contributed by atoms with van der Waals surface area (Å²) >= 11 is 1.57. The lowest BCUT2D eigenvalue weighted by Crippen LogP contribution is -2.11. The number of ether oxygens (including phenoxy) is 1. The van der Waals surface area contributed by atoms with Crippen molar-refractivity contribution in [3.8, 4) is 5.75 Å². The molecule has 90 valence electrons. The Morgan fingerprint density at radius 1 is 1.24 bits per heavy atom. The first kappa shape index (κ1) is 12.1. The van der Waals surface area contributed by atoms with E-state index in [1.54, 1.807) is 17.5 Å². The third-order valence-corrected chi connectivity index (χ3v) is 3.19. The molecular formula is C13H16N2OS. The summed E-state index contributed by atoms with van der Waals surface area (Å²) in [5, 5.41) is 2.87. The predicted molar refractivity (Wildman–Crippen MR) is 70.4 cm³/mol. The lowest BCUT2D eigenvalue weighted by Gasteiger charge is -2.12. The summed E-state index contributed by atoms with van der Waals surface area (Å²) in [6, 6.07) is 7.72. The van der Waals surface area contributed by atoms with Crippen LogP contribution in [0.15, 0.2) is 35.8 Å². The van der Waals surface area contributed by atoms with Gasteiger partial charge in [0.25, 0.3) is 0 Å². The minimum absolute atomic E-state index is 0.150. The number of hydrogen-bond acceptors (Lipinski definition) is 4. The van der Waals surface area contributed by atoms with Crippen molar-refractivity contribution in [2.24, 2.45) is 5.73 Å². The molecule has 2 aromatic rings. The van der Waals surface area contributed by atoms with Gasteiger partial charge in [-0.2, -0.15) is 0 Å². The third kappa shape index (κ3) is 3.05. The van der Waals surface area contributed by atoms with Crippen LogP contribution < -0.4 is 10.5 Å². The summed E-state index contributed by atoms with van der Waals surface area (Å²) in [6.45, 7) is 4.02. The van der Waals surface area contributed by atoms with Crippen molar-refractivity contribution < 1.29 is 4.74 Å². The van der Waals surface area contributed by atoms with E-state index >= 15 is 0 Å². The number of nitrogens with two attached hydrogens (primary N) is 1.